The predicted octanol–water partition coefficient (Wildman–Crippen LogP) is 2.23. The lowest BCUT2D eigenvalue weighted by Crippen LogP contribution is -2.03. The van der Waals surface area contributed by atoms with Crippen molar-refractivity contribution in [1.82, 2.24) is 4.90 Å². The van der Waals surface area contributed by atoms with Gasteiger partial charge in [0.2, 0.25) is 0 Å². The molecule has 1 rings (SSSR count). The Morgan fingerprint density at radius 1 is 1.40 bits per heavy atom. The van der Waals surface area contributed by atoms with Crippen molar-refractivity contribution in [3.05, 3.63) is 41.1 Å². The monoisotopic (exact) mass is 205 g/mol. The van der Waals surface area contributed by atoms with E-state index >= 15 is 0 Å². The number of nitrogens with zero attached hydrogens (tertiary/aromatic N) is 1. The molecule has 0 bridgehead atoms. The van der Waals surface area contributed by atoms with E-state index in [4.69, 9.17) is 5.11 Å². The first-order chi connectivity index (χ1) is 7.02. The van der Waals surface area contributed by atoms with Gasteiger partial charge in [-0.05, 0) is 36.4 Å². The first-order valence-electron chi connectivity index (χ1n) is 4.70. The largest absolute Gasteiger partial charge is 0.478 e. The molecule has 3 heteroatoms. The summed E-state index contributed by atoms with van der Waals surface area (Å²) in [5.74, 6) is -0.892. The summed E-state index contributed by atoms with van der Waals surface area (Å²) in [5.41, 5.74) is 2.07. The van der Waals surface area contributed by atoms with Gasteiger partial charge in [0.1, 0.15) is 0 Å². The Hall–Kier alpha value is -1.77. The fourth-order valence-electron chi connectivity index (χ4n) is 1.31. The minimum Gasteiger partial charge on any atom is -0.478 e. The Balaban J connectivity index is 3.19. The van der Waals surface area contributed by atoms with Crippen LogP contribution < -0.4 is 0 Å². The van der Waals surface area contributed by atoms with Crippen LogP contribution in [0.25, 0.3) is 6.08 Å². The van der Waals surface area contributed by atoms with Crippen molar-refractivity contribution in [2.75, 3.05) is 14.1 Å². The maximum atomic E-state index is 11.0. The van der Waals surface area contributed by atoms with Gasteiger partial charge in [-0.25, -0.2) is 4.79 Å². The molecule has 0 radical (unpaired) electrons. The van der Waals surface area contributed by atoms with Gasteiger partial charge in [0.25, 0.3) is 0 Å². The van der Waals surface area contributed by atoms with E-state index in [1.165, 1.54) is 0 Å². The smallest absolute Gasteiger partial charge is 0.336 e. The molecule has 15 heavy (non-hydrogen) atoms. The second-order valence-corrected chi connectivity index (χ2v) is 3.62. The maximum Gasteiger partial charge on any atom is 0.336 e. The highest BCUT2D eigenvalue weighted by atomic mass is 16.4. The van der Waals surface area contributed by atoms with Crippen LogP contribution in [0, 0.1) is 6.92 Å². The van der Waals surface area contributed by atoms with E-state index in [1.54, 1.807) is 12.1 Å². The standard InChI is InChI=1S/C12H15NO2/c1-9-5-4-6-11(12(14)15)10(9)7-8-13(2)3/h4-8H,1-3H3,(H,14,15)/b8-7+. The molecule has 1 aromatic rings. The van der Waals surface area contributed by atoms with Crippen LogP contribution >= 0.6 is 0 Å². The summed E-state index contributed by atoms with van der Waals surface area (Å²) in [6.07, 6.45) is 3.66. The highest BCUT2D eigenvalue weighted by Crippen LogP contribution is 2.16. The predicted molar refractivity (Wildman–Crippen MR) is 60.9 cm³/mol. The van der Waals surface area contributed by atoms with E-state index in [0.717, 1.165) is 11.1 Å². The third-order valence-electron chi connectivity index (χ3n) is 2.09. The van der Waals surface area contributed by atoms with Gasteiger partial charge in [0.15, 0.2) is 0 Å². The number of carbonyl (C=O) groups is 1. The molecular weight excluding hydrogens is 190 g/mol. The lowest BCUT2D eigenvalue weighted by molar-refractivity contribution is 0.0696. The molecule has 0 atom stereocenters. The van der Waals surface area contributed by atoms with E-state index < -0.39 is 5.97 Å². The van der Waals surface area contributed by atoms with Crippen LogP contribution in [-0.4, -0.2) is 30.1 Å². The quantitative estimate of drug-likeness (QED) is 0.822. The van der Waals surface area contributed by atoms with Crippen LogP contribution in [0.1, 0.15) is 21.5 Å². The molecular formula is C12H15NO2. The molecule has 3 nitrogen and oxygen atoms in total. The molecule has 0 unspecified atom stereocenters. The lowest BCUT2D eigenvalue weighted by atomic mass is 10.0. The third-order valence-corrected chi connectivity index (χ3v) is 2.09. The van der Waals surface area contributed by atoms with Gasteiger partial charge in [-0.1, -0.05) is 12.1 Å². The first kappa shape index (κ1) is 11.3. The normalized spacial score (nSPS) is 10.6. The molecule has 0 fully saturated rings. The summed E-state index contributed by atoms with van der Waals surface area (Å²) in [5, 5.41) is 9.01. The molecule has 0 heterocycles. The van der Waals surface area contributed by atoms with Crippen molar-refractivity contribution in [2.24, 2.45) is 0 Å². The molecule has 1 N–H and O–H groups in total. The minimum absolute atomic E-state index is 0.341. The van der Waals surface area contributed by atoms with Crippen LogP contribution in [-0.2, 0) is 0 Å². The van der Waals surface area contributed by atoms with E-state index in [1.807, 2.05) is 44.3 Å². The Morgan fingerprint density at radius 2 is 2.07 bits per heavy atom. The fourth-order valence-corrected chi connectivity index (χ4v) is 1.31. The van der Waals surface area contributed by atoms with Crippen molar-refractivity contribution in [2.45, 2.75) is 6.92 Å². The van der Waals surface area contributed by atoms with Gasteiger partial charge >= 0.3 is 5.97 Å². The average Bonchev–Trinajstić information content (AvgIpc) is 2.15. The molecule has 0 aliphatic heterocycles. The highest BCUT2D eigenvalue weighted by Gasteiger charge is 2.08. The van der Waals surface area contributed by atoms with Gasteiger partial charge in [0, 0.05) is 14.1 Å². The zero-order valence-electron chi connectivity index (χ0n) is 9.19. The van der Waals surface area contributed by atoms with E-state index in [2.05, 4.69) is 0 Å². The molecule has 80 valence electrons. The van der Waals surface area contributed by atoms with Gasteiger partial charge in [-0.2, -0.15) is 0 Å². The number of carboxylic acids is 1. The van der Waals surface area contributed by atoms with Crippen LogP contribution in [0.4, 0.5) is 0 Å². The number of hydrogen-bond donors (Lipinski definition) is 1. The van der Waals surface area contributed by atoms with E-state index in [9.17, 15) is 4.79 Å². The van der Waals surface area contributed by atoms with E-state index in [-0.39, 0.29) is 0 Å². The second kappa shape index (κ2) is 4.64. The summed E-state index contributed by atoms with van der Waals surface area (Å²) in [7, 11) is 3.80. The summed E-state index contributed by atoms with van der Waals surface area (Å²) in [6.45, 7) is 1.90. The highest BCUT2D eigenvalue weighted by molar-refractivity contribution is 5.92. The first-order valence-corrected chi connectivity index (χ1v) is 4.70. The number of rotatable bonds is 3. The molecule has 0 saturated heterocycles. The Bertz CT molecular complexity index is 395. The van der Waals surface area contributed by atoms with Crippen molar-refractivity contribution in [1.29, 1.82) is 0 Å². The molecule has 0 aliphatic rings. The molecule has 0 aromatic heterocycles. The SMILES string of the molecule is Cc1cccc(C(=O)O)c1/C=C/N(C)C. The number of carboxylic acid groups (broad SMARTS) is 1. The Labute approximate surface area is 89.6 Å². The van der Waals surface area contributed by atoms with Crippen molar-refractivity contribution < 1.29 is 9.90 Å². The van der Waals surface area contributed by atoms with Crippen LogP contribution in [0.3, 0.4) is 0 Å². The number of benzene rings is 1. The lowest BCUT2D eigenvalue weighted by Gasteiger charge is -2.07. The summed E-state index contributed by atoms with van der Waals surface area (Å²) < 4.78 is 0. The van der Waals surface area contributed by atoms with Crippen molar-refractivity contribution in [3.63, 3.8) is 0 Å². The Morgan fingerprint density at radius 3 is 2.60 bits per heavy atom. The van der Waals surface area contributed by atoms with Gasteiger partial charge < -0.3 is 10.0 Å². The number of aryl methyl sites for hydroxylation is 1. The third kappa shape index (κ3) is 2.84. The van der Waals surface area contributed by atoms with Crippen molar-refractivity contribution in [3.8, 4) is 0 Å². The molecule has 0 spiro atoms. The summed E-state index contributed by atoms with van der Waals surface area (Å²) in [6, 6.07) is 5.28. The maximum absolute atomic E-state index is 11.0. The Kier molecular flexibility index (Phi) is 3.50. The average molecular weight is 205 g/mol. The topological polar surface area (TPSA) is 40.5 Å². The molecule has 0 aliphatic carbocycles. The number of hydrogen-bond acceptors (Lipinski definition) is 2. The molecule has 0 saturated carbocycles. The van der Waals surface area contributed by atoms with Gasteiger partial charge in [0.05, 0.1) is 5.56 Å². The van der Waals surface area contributed by atoms with Crippen LogP contribution in [0.15, 0.2) is 24.4 Å². The van der Waals surface area contributed by atoms with Gasteiger partial charge in [-0.15, -0.1) is 0 Å². The van der Waals surface area contributed by atoms with Gasteiger partial charge in [-0.3, -0.25) is 0 Å². The summed E-state index contributed by atoms with van der Waals surface area (Å²) >= 11 is 0. The second-order valence-electron chi connectivity index (χ2n) is 3.62. The zero-order valence-corrected chi connectivity index (χ0v) is 9.19. The molecule has 1 aromatic carbocycles. The minimum atomic E-state index is -0.892. The number of aromatic carboxylic acids is 1. The zero-order chi connectivity index (χ0) is 11.4. The van der Waals surface area contributed by atoms with E-state index in [0.29, 0.717) is 5.56 Å². The fraction of sp³-hybridized carbons (Fsp3) is 0.250. The summed E-state index contributed by atoms with van der Waals surface area (Å²) in [4.78, 5) is 12.8. The van der Waals surface area contributed by atoms with Crippen LogP contribution in [0.2, 0.25) is 0 Å². The van der Waals surface area contributed by atoms with Crippen molar-refractivity contribution >= 4 is 12.0 Å². The molecule has 0 amide bonds. The van der Waals surface area contributed by atoms with Crippen LogP contribution in [0.5, 0.6) is 0 Å².